The molecule has 0 saturated carbocycles. The van der Waals surface area contributed by atoms with E-state index in [1.165, 1.54) is 0 Å². The van der Waals surface area contributed by atoms with E-state index < -0.39 is 0 Å². The van der Waals surface area contributed by atoms with Crippen LogP contribution in [0.2, 0.25) is 0 Å². The molecule has 0 aliphatic carbocycles. The lowest BCUT2D eigenvalue weighted by atomic mass is 10.1. The molecule has 1 heterocycles. The Bertz CT molecular complexity index is 905. The minimum Gasteiger partial charge on any atom is -0.456 e. The van der Waals surface area contributed by atoms with Gasteiger partial charge in [-0.15, -0.1) is 12.4 Å². The van der Waals surface area contributed by atoms with Crippen molar-refractivity contribution in [1.29, 1.82) is 0 Å². The Hall–Kier alpha value is -2.37. The van der Waals surface area contributed by atoms with Crippen molar-refractivity contribution in [3.63, 3.8) is 0 Å². The van der Waals surface area contributed by atoms with Crippen LogP contribution in [0.25, 0.3) is 21.9 Å². The van der Waals surface area contributed by atoms with E-state index in [0.717, 1.165) is 0 Å². The molecular weight excluding hydrogens is 316 g/mol. The third-order valence-electron chi connectivity index (χ3n) is 3.50. The number of hydrogen-bond donors (Lipinski definition) is 2. The van der Waals surface area contributed by atoms with Crippen molar-refractivity contribution >= 4 is 40.3 Å². The van der Waals surface area contributed by atoms with Gasteiger partial charge < -0.3 is 15.5 Å². The smallest absolute Gasteiger partial charge is 0.251 e. The van der Waals surface area contributed by atoms with Crippen molar-refractivity contribution < 1.29 is 9.21 Å². The van der Waals surface area contributed by atoms with Gasteiger partial charge in [0.15, 0.2) is 0 Å². The number of amides is 1. The van der Waals surface area contributed by atoms with Gasteiger partial charge in [-0.25, -0.2) is 0 Å². The Morgan fingerprint density at radius 2 is 1.83 bits per heavy atom. The van der Waals surface area contributed by atoms with Gasteiger partial charge in [-0.1, -0.05) is 12.1 Å². The van der Waals surface area contributed by atoms with E-state index in [0.29, 0.717) is 47.0 Å². The number of nitrogens with two attached hydrogens (primary N) is 1. The van der Waals surface area contributed by atoms with Crippen LogP contribution in [0.3, 0.4) is 0 Å². The first-order valence-electron chi connectivity index (χ1n) is 7.14. The van der Waals surface area contributed by atoms with Crippen molar-refractivity contribution in [3.8, 4) is 0 Å². The fourth-order valence-electron chi connectivity index (χ4n) is 2.35. The zero-order valence-electron chi connectivity index (χ0n) is 12.4. The molecule has 5 nitrogen and oxygen atoms in total. The molecule has 0 radical (unpaired) electrons. The molecule has 0 spiro atoms. The van der Waals surface area contributed by atoms with Crippen LogP contribution in [0.1, 0.15) is 16.8 Å². The van der Waals surface area contributed by atoms with Gasteiger partial charge in [0.25, 0.3) is 5.91 Å². The molecule has 2 aromatic carbocycles. The molecule has 0 fully saturated rings. The molecule has 0 bridgehead atoms. The third kappa shape index (κ3) is 3.36. The van der Waals surface area contributed by atoms with Gasteiger partial charge in [0.1, 0.15) is 11.2 Å². The summed E-state index contributed by atoms with van der Waals surface area (Å²) in [6.45, 7) is 1.03. The predicted octanol–water partition coefficient (Wildman–Crippen LogP) is 2.45. The average Bonchev–Trinajstić information content (AvgIpc) is 2.55. The van der Waals surface area contributed by atoms with Crippen LogP contribution in [0.15, 0.2) is 51.7 Å². The van der Waals surface area contributed by atoms with E-state index in [-0.39, 0.29) is 23.7 Å². The second-order valence-electron chi connectivity index (χ2n) is 5.04. The fraction of sp³-hybridized carbons (Fsp3) is 0.176. The lowest BCUT2D eigenvalue weighted by molar-refractivity contribution is 0.0953. The van der Waals surface area contributed by atoms with Gasteiger partial charge in [-0.2, -0.15) is 0 Å². The van der Waals surface area contributed by atoms with E-state index in [2.05, 4.69) is 5.32 Å². The van der Waals surface area contributed by atoms with Crippen molar-refractivity contribution in [2.45, 2.75) is 6.42 Å². The van der Waals surface area contributed by atoms with Gasteiger partial charge >= 0.3 is 0 Å². The van der Waals surface area contributed by atoms with Crippen LogP contribution < -0.4 is 16.5 Å². The number of para-hydroxylation sites is 1. The number of nitrogens with one attached hydrogen (secondary N) is 1. The highest BCUT2D eigenvalue weighted by Gasteiger charge is 2.11. The van der Waals surface area contributed by atoms with Crippen LogP contribution in [-0.4, -0.2) is 19.0 Å². The summed E-state index contributed by atoms with van der Waals surface area (Å²) in [5.74, 6) is -0.220. The first-order chi connectivity index (χ1) is 10.7. The van der Waals surface area contributed by atoms with E-state index in [4.69, 9.17) is 10.2 Å². The van der Waals surface area contributed by atoms with Crippen LogP contribution in [0.5, 0.6) is 0 Å². The van der Waals surface area contributed by atoms with E-state index in [1.54, 1.807) is 36.4 Å². The monoisotopic (exact) mass is 332 g/mol. The topological polar surface area (TPSA) is 85.3 Å². The van der Waals surface area contributed by atoms with Gasteiger partial charge in [0.05, 0.1) is 10.8 Å². The van der Waals surface area contributed by atoms with Gasteiger partial charge in [0.2, 0.25) is 5.43 Å². The minimum absolute atomic E-state index is 0. The standard InChI is InChI=1S/C17H16N2O3.ClH/c18-8-3-9-19-17(21)11-6-7-15-13(10-11)16(20)12-4-1-2-5-14(12)22-15;/h1-2,4-7,10H,3,8-9,18H2,(H,19,21);1H. The highest BCUT2D eigenvalue weighted by Crippen LogP contribution is 2.19. The van der Waals surface area contributed by atoms with Crippen LogP contribution >= 0.6 is 12.4 Å². The summed E-state index contributed by atoms with van der Waals surface area (Å²) in [4.78, 5) is 24.6. The molecule has 3 aromatic rings. The van der Waals surface area contributed by atoms with E-state index >= 15 is 0 Å². The molecule has 3 rings (SSSR count). The van der Waals surface area contributed by atoms with Gasteiger partial charge in [-0.05, 0) is 43.3 Å². The minimum atomic E-state index is -0.220. The maximum absolute atomic E-state index is 12.5. The summed E-state index contributed by atoms with van der Waals surface area (Å²) in [5.41, 5.74) is 6.72. The summed E-state index contributed by atoms with van der Waals surface area (Å²) in [6, 6.07) is 12.0. The van der Waals surface area contributed by atoms with Crippen LogP contribution in [-0.2, 0) is 0 Å². The van der Waals surface area contributed by atoms with Gasteiger partial charge in [0, 0.05) is 12.1 Å². The highest BCUT2D eigenvalue weighted by atomic mass is 35.5. The van der Waals surface area contributed by atoms with E-state index in [1.807, 2.05) is 6.07 Å². The zero-order chi connectivity index (χ0) is 15.5. The Labute approximate surface area is 138 Å². The second-order valence-corrected chi connectivity index (χ2v) is 5.04. The maximum Gasteiger partial charge on any atom is 0.251 e. The Kier molecular flexibility index (Phi) is 5.36. The highest BCUT2D eigenvalue weighted by molar-refractivity contribution is 5.99. The fourth-order valence-corrected chi connectivity index (χ4v) is 2.35. The number of benzene rings is 2. The van der Waals surface area contributed by atoms with Crippen molar-refractivity contribution in [2.24, 2.45) is 5.73 Å². The summed E-state index contributed by atoms with van der Waals surface area (Å²) >= 11 is 0. The Morgan fingerprint density at radius 3 is 2.61 bits per heavy atom. The third-order valence-corrected chi connectivity index (χ3v) is 3.50. The van der Waals surface area contributed by atoms with Crippen LogP contribution in [0, 0.1) is 0 Å². The molecule has 1 aromatic heterocycles. The normalized spacial score (nSPS) is 10.5. The molecule has 0 atom stereocenters. The lowest BCUT2D eigenvalue weighted by Crippen LogP contribution is -2.26. The van der Waals surface area contributed by atoms with Crippen molar-refractivity contribution in [3.05, 3.63) is 58.3 Å². The molecular formula is C17H17ClN2O3. The number of fused-ring (bicyclic) bond motifs is 2. The lowest BCUT2D eigenvalue weighted by Gasteiger charge is -2.06. The van der Waals surface area contributed by atoms with E-state index in [9.17, 15) is 9.59 Å². The number of halogens is 1. The summed E-state index contributed by atoms with van der Waals surface area (Å²) in [6.07, 6.45) is 0.714. The summed E-state index contributed by atoms with van der Waals surface area (Å²) in [5, 5.41) is 3.69. The molecule has 0 aliphatic heterocycles. The first-order valence-corrected chi connectivity index (χ1v) is 7.14. The number of carbonyl (C=O) groups excluding carboxylic acids is 1. The Morgan fingerprint density at radius 1 is 1.09 bits per heavy atom. The molecule has 3 N–H and O–H groups in total. The summed E-state index contributed by atoms with van der Waals surface area (Å²) < 4.78 is 5.71. The molecule has 1 amide bonds. The molecule has 0 saturated heterocycles. The second kappa shape index (κ2) is 7.26. The summed E-state index contributed by atoms with van der Waals surface area (Å²) in [7, 11) is 0. The SMILES string of the molecule is Cl.NCCCNC(=O)c1ccc2oc3ccccc3c(=O)c2c1. The molecule has 0 unspecified atom stereocenters. The number of rotatable bonds is 4. The molecule has 6 heteroatoms. The Balaban J connectivity index is 0.00000192. The predicted molar refractivity (Wildman–Crippen MR) is 93.2 cm³/mol. The molecule has 23 heavy (non-hydrogen) atoms. The van der Waals surface area contributed by atoms with Gasteiger partial charge in [-0.3, -0.25) is 9.59 Å². The van der Waals surface area contributed by atoms with Crippen molar-refractivity contribution in [1.82, 2.24) is 5.32 Å². The van der Waals surface area contributed by atoms with Crippen molar-refractivity contribution in [2.75, 3.05) is 13.1 Å². The number of hydrogen-bond acceptors (Lipinski definition) is 4. The molecule has 120 valence electrons. The number of carbonyl (C=O) groups is 1. The quantitative estimate of drug-likeness (QED) is 0.567. The zero-order valence-corrected chi connectivity index (χ0v) is 13.2. The molecule has 0 aliphatic rings. The average molecular weight is 333 g/mol. The largest absolute Gasteiger partial charge is 0.456 e. The van der Waals surface area contributed by atoms with Crippen LogP contribution in [0.4, 0.5) is 0 Å². The first kappa shape index (κ1) is 17.0. The maximum atomic E-state index is 12.5.